The van der Waals surface area contributed by atoms with Crippen LogP contribution >= 0.6 is 15.9 Å². The SMILES string of the molecule is C=CC(=O)NCc1ccc(-c2c(Br)c3c(N)ncnc3n2C)c(C)c1. The van der Waals surface area contributed by atoms with Gasteiger partial charge in [-0.2, -0.15) is 0 Å². The fourth-order valence-electron chi connectivity index (χ4n) is 2.89. The third kappa shape index (κ3) is 3.02. The Morgan fingerprint density at radius 3 is 2.84 bits per heavy atom. The van der Waals surface area contributed by atoms with Crippen LogP contribution < -0.4 is 11.1 Å². The molecule has 1 amide bonds. The number of nitrogens with one attached hydrogen (secondary N) is 1. The number of fused-ring (bicyclic) bond motifs is 1. The molecule has 0 aliphatic rings. The van der Waals surface area contributed by atoms with Crippen molar-refractivity contribution >= 4 is 38.7 Å². The predicted molar refractivity (Wildman–Crippen MR) is 103 cm³/mol. The molecule has 3 aromatic rings. The number of carbonyl (C=O) groups is 1. The van der Waals surface area contributed by atoms with Gasteiger partial charge in [-0.1, -0.05) is 24.8 Å². The first-order valence-corrected chi connectivity index (χ1v) is 8.47. The van der Waals surface area contributed by atoms with Gasteiger partial charge in [-0.05, 0) is 40.1 Å². The highest BCUT2D eigenvalue weighted by atomic mass is 79.9. The van der Waals surface area contributed by atoms with Gasteiger partial charge in [0.2, 0.25) is 5.91 Å². The van der Waals surface area contributed by atoms with Crippen LogP contribution in [0.2, 0.25) is 0 Å². The Morgan fingerprint density at radius 1 is 1.44 bits per heavy atom. The molecule has 2 aromatic heterocycles. The van der Waals surface area contributed by atoms with E-state index in [9.17, 15) is 4.79 Å². The average Bonchev–Trinajstić information content (AvgIpc) is 2.85. The molecule has 0 spiro atoms. The number of rotatable bonds is 4. The van der Waals surface area contributed by atoms with Gasteiger partial charge in [-0.3, -0.25) is 4.79 Å². The van der Waals surface area contributed by atoms with Crippen LogP contribution in [-0.4, -0.2) is 20.4 Å². The Hall–Kier alpha value is -2.67. The van der Waals surface area contributed by atoms with E-state index in [1.807, 2.05) is 30.7 Å². The maximum atomic E-state index is 11.3. The molecule has 0 radical (unpaired) electrons. The van der Waals surface area contributed by atoms with Crippen LogP contribution in [0.3, 0.4) is 0 Å². The van der Waals surface area contributed by atoms with Gasteiger partial charge >= 0.3 is 0 Å². The number of nitrogens with two attached hydrogens (primary N) is 1. The summed E-state index contributed by atoms with van der Waals surface area (Å²) in [6.45, 7) is 5.94. The van der Waals surface area contributed by atoms with E-state index in [4.69, 9.17) is 5.73 Å². The summed E-state index contributed by atoms with van der Waals surface area (Å²) in [4.78, 5) is 19.7. The molecular weight excluding hydrogens is 382 g/mol. The molecular formula is C18H18BrN5O. The Morgan fingerprint density at radius 2 is 2.20 bits per heavy atom. The van der Waals surface area contributed by atoms with Crippen LogP contribution in [0.4, 0.5) is 5.82 Å². The first-order chi connectivity index (χ1) is 11.9. The third-order valence-electron chi connectivity index (χ3n) is 4.14. The quantitative estimate of drug-likeness (QED) is 0.659. The molecule has 0 aliphatic heterocycles. The van der Waals surface area contributed by atoms with Crippen molar-refractivity contribution < 1.29 is 4.79 Å². The molecule has 3 rings (SSSR count). The number of nitrogens with zero attached hydrogens (tertiary/aromatic N) is 3. The lowest BCUT2D eigenvalue weighted by atomic mass is 10.0. The van der Waals surface area contributed by atoms with Gasteiger partial charge in [0.1, 0.15) is 17.8 Å². The van der Waals surface area contributed by atoms with E-state index >= 15 is 0 Å². The molecule has 0 fully saturated rings. The summed E-state index contributed by atoms with van der Waals surface area (Å²) in [6, 6.07) is 6.08. The predicted octanol–water partition coefficient (Wildman–Crippen LogP) is 3.09. The summed E-state index contributed by atoms with van der Waals surface area (Å²) in [6.07, 6.45) is 2.73. The van der Waals surface area contributed by atoms with Crippen molar-refractivity contribution in [2.24, 2.45) is 7.05 Å². The molecule has 2 heterocycles. The first-order valence-electron chi connectivity index (χ1n) is 7.68. The van der Waals surface area contributed by atoms with Gasteiger partial charge in [-0.15, -0.1) is 0 Å². The van der Waals surface area contributed by atoms with Crippen molar-refractivity contribution in [2.75, 3.05) is 5.73 Å². The van der Waals surface area contributed by atoms with Crippen LogP contribution in [-0.2, 0) is 18.4 Å². The molecule has 0 saturated carbocycles. The maximum Gasteiger partial charge on any atom is 0.243 e. The van der Waals surface area contributed by atoms with Crippen molar-refractivity contribution in [1.29, 1.82) is 0 Å². The topological polar surface area (TPSA) is 85.8 Å². The monoisotopic (exact) mass is 399 g/mol. The molecule has 128 valence electrons. The summed E-state index contributed by atoms with van der Waals surface area (Å²) in [5.74, 6) is 0.257. The highest BCUT2D eigenvalue weighted by Crippen LogP contribution is 2.39. The normalized spacial score (nSPS) is 10.8. The molecule has 0 aliphatic carbocycles. The van der Waals surface area contributed by atoms with Gasteiger partial charge < -0.3 is 15.6 Å². The molecule has 3 N–H and O–H groups in total. The summed E-state index contributed by atoms with van der Waals surface area (Å²) in [7, 11) is 1.95. The van der Waals surface area contributed by atoms with Gasteiger partial charge in [0.25, 0.3) is 0 Å². The Bertz CT molecular complexity index is 993. The molecule has 1 aromatic carbocycles. The number of aryl methyl sites for hydroxylation is 2. The molecule has 0 unspecified atom stereocenters. The maximum absolute atomic E-state index is 11.3. The Kier molecular flexibility index (Phi) is 4.59. The van der Waals surface area contributed by atoms with Crippen molar-refractivity contribution in [3.63, 3.8) is 0 Å². The van der Waals surface area contributed by atoms with E-state index in [-0.39, 0.29) is 5.91 Å². The van der Waals surface area contributed by atoms with Crippen molar-refractivity contribution in [3.05, 3.63) is 52.8 Å². The Balaban J connectivity index is 2.06. The highest BCUT2D eigenvalue weighted by Gasteiger charge is 2.19. The third-order valence-corrected chi connectivity index (χ3v) is 4.91. The van der Waals surface area contributed by atoms with Gasteiger partial charge in [0, 0.05) is 19.2 Å². The second-order valence-corrected chi connectivity index (χ2v) is 6.54. The summed E-state index contributed by atoms with van der Waals surface area (Å²) < 4.78 is 2.87. The number of aromatic nitrogens is 3. The fraction of sp³-hybridized carbons (Fsp3) is 0.167. The van der Waals surface area contributed by atoms with Crippen LogP contribution in [0.15, 0.2) is 41.7 Å². The first kappa shape index (κ1) is 17.2. The molecule has 0 saturated heterocycles. The van der Waals surface area contributed by atoms with E-state index in [0.717, 1.165) is 37.9 Å². The minimum absolute atomic E-state index is 0.188. The highest BCUT2D eigenvalue weighted by molar-refractivity contribution is 9.10. The van der Waals surface area contributed by atoms with Crippen molar-refractivity contribution in [3.8, 4) is 11.3 Å². The second kappa shape index (κ2) is 6.68. The molecule has 7 heteroatoms. The van der Waals surface area contributed by atoms with Crippen molar-refractivity contribution in [2.45, 2.75) is 13.5 Å². The summed E-state index contributed by atoms with van der Waals surface area (Å²) >= 11 is 3.65. The summed E-state index contributed by atoms with van der Waals surface area (Å²) in [5.41, 5.74) is 10.9. The smallest absolute Gasteiger partial charge is 0.243 e. The van der Waals surface area contributed by atoms with E-state index in [2.05, 4.69) is 43.9 Å². The molecule has 6 nitrogen and oxygen atoms in total. The van der Waals surface area contributed by atoms with Crippen LogP contribution in [0, 0.1) is 6.92 Å². The van der Waals surface area contributed by atoms with E-state index in [1.54, 1.807) is 0 Å². The Labute approximate surface area is 153 Å². The molecule has 0 bridgehead atoms. The van der Waals surface area contributed by atoms with Crippen LogP contribution in [0.25, 0.3) is 22.3 Å². The number of halogens is 1. The zero-order valence-corrected chi connectivity index (χ0v) is 15.6. The minimum atomic E-state index is -0.188. The van der Waals surface area contributed by atoms with E-state index in [1.165, 1.54) is 12.4 Å². The number of hydrogen-bond donors (Lipinski definition) is 2. The number of nitrogen functional groups attached to an aromatic ring is 1. The summed E-state index contributed by atoms with van der Waals surface area (Å²) in [5, 5.41) is 3.59. The van der Waals surface area contributed by atoms with Crippen molar-refractivity contribution in [1.82, 2.24) is 19.9 Å². The number of benzene rings is 1. The van der Waals surface area contributed by atoms with Gasteiger partial charge in [0.15, 0.2) is 0 Å². The second-order valence-electron chi connectivity index (χ2n) is 5.75. The lowest BCUT2D eigenvalue weighted by molar-refractivity contribution is -0.116. The van der Waals surface area contributed by atoms with Crippen LogP contribution in [0.5, 0.6) is 0 Å². The van der Waals surface area contributed by atoms with Gasteiger partial charge in [-0.25, -0.2) is 9.97 Å². The lowest BCUT2D eigenvalue weighted by Gasteiger charge is -2.11. The number of anilines is 1. The number of amides is 1. The largest absolute Gasteiger partial charge is 0.383 e. The molecule has 0 atom stereocenters. The zero-order valence-electron chi connectivity index (χ0n) is 14.0. The van der Waals surface area contributed by atoms with E-state index < -0.39 is 0 Å². The molecule has 25 heavy (non-hydrogen) atoms. The fourth-order valence-corrected chi connectivity index (χ4v) is 3.75. The average molecular weight is 400 g/mol. The van der Waals surface area contributed by atoms with Crippen LogP contribution in [0.1, 0.15) is 11.1 Å². The number of carbonyl (C=O) groups excluding carboxylic acids is 1. The van der Waals surface area contributed by atoms with Gasteiger partial charge in [0.05, 0.1) is 15.6 Å². The zero-order chi connectivity index (χ0) is 18.1. The standard InChI is InChI=1S/C18H18BrN5O/c1-4-13(25)21-8-11-5-6-12(10(2)7-11)16-15(19)14-17(20)22-9-23-18(14)24(16)3/h4-7,9H,1,8H2,2-3H3,(H,21,25)(H2,20,22,23). The minimum Gasteiger partial charge on any atom is -0.383 e. The van der Waals surface area contributed by atoms with E-state index in [0.29, 0.717) is 12.4 Å². The number of hydrogen-bond acceptors (Lipinski definition) is 4. The lowest BCUT2D eigenvalue weighted by Crippen LogP contribution is -2.19.